The third-order valence-corrected chi connectivity index (χ3v) is 3.76. The number of nitrogens with zero attached hydrogens (tertiary/aromatic N) is 1. The van der Waals surface area contributed by atoms with Crippen molar-refractivity contribution in [3.63, 3.8) is 0 Å². The van der Waals surface area contributed by atoms with Crippen LogP contribution in [0.15, 0.2) is 46.0 Å². The summed E-state index contributed by atoms with van der Waals surface area (Å²) in [5.74, 6) is 0.719. The van der Waals surface area contributed by atoms with Crippen molar-refractivity contribution in [3.05, 3.63) is 52.0 Å². The molecule has 0 aliphatic carbocycles. The second kappa shape index (κ2) is 9.16. The van der Waals surface area contributed by atoms with Crippen LogP contribution >= 0.6 is 28.1 Å². The number of hydrogen-bond donors (Lipinski definition) is 2. The van der Waals surface area contributed by atoms with Crippen LogP contribution in [-0.4, -0.2) is 31.5 Å². The van der Waals surface area contributed by atoms with Crippen molar-refractivity contribution < 1.29 is 19.0 Å². The van der Waals surface area contributed by atoms with E-state index in [2.05, 4.69) is 38.7 Å². The molecular formula is C17H16BrN3O4S. The number of hydrogen-bond acceptors (Lipinski definition) is 6. The molecule has 0 saturated heterocycles. The summed E-state index contributed by atoms with van der Waals surface area (Å²) in [6.45, 7) is 0. The first-order valence-corrected chi connectivity index (χ1v) is 8.47. The number of halogens is 1. The molecule has 0 atom stereocenters. The van der Waals surface area contributed by atoms with Crippen LogP contribution in [0.1, 0.15) is 15.9 Å². The highest BCUT2D eigenvalue weighted by atomic mass is 79.9. The molecule has 136 valence electrons. The van der Waals surface area contributed by atoms with Gasteiger partial charge in [-0.1, -0.05) is 15.9 Å². The summed E-state index contributed by atoms with van der Waals surface area (Å²) in [6.07, 6.45) is 1.45. The van der Waals surface area contributed by atoms with Crippen LogP contribution in [-0.2, 0) is 0 Å². The van der Waals surface area contributed by atoms with Crippen LogP contribution in [0.2, 0.25) is 0 Å². The van der Waals surface area contributed by atoms with E-state index in [1.165, 1.54) is 20.4 Å². The number of carbonyl (C=O) groups is 1. The molecule has 0 aromatic heterocycles. The van der Waals surface area contributed by atoms with E-state index in [0.717, 1.165) is 4.47 Å². The van der Waals surface area contributed by atoms with Gasteiger partial charge in [-0.15, -0.1) is 0 Å². The molecule has 0 unspecified atom stereocenters. The fourth-order valence-corrected chi connectivity index (χ4v) is 2.43. The highest BCUT2D eigenvalue weighted by Crippen LogP contribution is 2.29. The molecule has 2 aromatic carbocycles. The van der Waals surface area contributed by atoms with Crippen molar-refractivity contribution in [3.8, 4) is 17.2 Å². The lowest BCUT2D eigenvalue weighted by atomic mass is 10.2. The van der Waals surface area contributed by atoms with Crippen molar-refractivity contribution in [2.45, 2.75) is 0 Å². The zero-order chi connectivity index (χ0) is 19.1. The Bertz CT molecular complexity index is 858. The second-order valence-electron chi connectivity index (χ2n) is 4.88. The van der Waals surface area contributed by atoms with Crippen LogP contribution in [0.4, 0.5) is 0 Å². The average Bonchev–Trinajstić information content (AvgIpc) is 2.62. The van der Waals surface area contributed by atoms with Crippen molar-refractivity contribution in [1.29, 1.82) is 0 Å². The molecule has 0 heterocycles. The van der Waals surface area contributed by atoms with Gasteiger partial charge in [0.2, 0.25) is 0 Å². The predicted octanol–water partition coefficient (Wildman–Crippen LogP) is 2.85. The summed E-state index contributed by atoms with van der Waals surface area (Å²) in [7, 11) is 3.01. The normalized spacial score (nSPS) is 10.4. The number of benzene rings is 2. The molecule has 0 bridgehead atoms. The smallest absolute Gasteiger partial charge is 0.343 e. The van der Waals surface area contributed by atoms with Crippen LogP contribution in [0.3, 0.4) is 0 Å². The number of carbonyl (C=O) groups excluding carboxylic acids is 1. The van der Waals surface area contributed by atoms with Crippen LogP contribution in [0, 0.1) is 0 Å². The molecule has 0 fully saturated rings. The first-order chi connectivity index (χ1) is 12.4. The van der Waals surface area contributed by atoms with Gasteiger partial charge < -0.3 is 19.9 Å². The van der Waals surface area contributed by atoms with Crippen molar-refractivity contribution in [2.24, 2.45) is 10.8 Å². The van der Waals surface area contributed by atoms with Crippen molar-refractivity contribution >= 4 is 45.4 Å². The third kappa shape index (κ3) is 5.17. The Kier molecular flexibility index (Phi) is 6.93. The van der Waals surface area contributed by atoms with E-state index in [4.69, 9.17) is 19.9 Å². The summed E-state index contributed by atoms with van der Waals surface area (Å²) in [4.78, 5) is 12.5. The Morgan fingerprint density at radius 1 is 1.15 bits per heavy atom. The second-order valence-corrected chi connectivity index (χ2v) is 6.23. The minimum Gasteiger partial charge on any atom is -0.493 e. The molecule has 9 heteroatoms. The van der Waals surface area contributed by atoms with Crippen LogP contribution in [0.25, 0.3) is 0 Å². The molecule has 0 aliphatic rings. The van der Waals surface area contributed by atoms with Crippen LogP contribution < -0.4 is 25.4 Å². The number of nitrogens with two attached hydrogens (primary N) is 1. The first kappa shape index (κ1) is 19.7. The van der Waals surface area contributed by atoms with E-state index in [9.17, 15) is 4.79 Å². The molecule has 0 saturated carbocycles. The van der Waals surface area contributed by atoms with Crippen LogP contribution in [0.5, 0.6) is 17.2 Å². The van der Waals surface area contributed by atoms with Gasteiger partial charge in [0.25, 0.3) is 0 Å². The molecule has 0 amide bonds. The summed E-state index contributed by atoms with van der Waals surface area (Å²) in [5, 5.41) is 3.91. The number of ether oxygens (including phenoxy) is 3. The number of thiocarbonyl (C=S) groups is 1. The SMILES string of the molecule is COc1ccc(C(=O)Oc2ccc(Br)cc2C=NNC(N)=S)cc1OC. The van der Waals surface area contributed by atoms with E-state index in [1.54, 1.807) is 36.4 Å². The molecule has 3 N–H and O–H groups in total. The van der Waals surface area contributed by atoms with Gasteiger partial charge in [-0.05, 0) is 48.6 Å². The lowest BCUT2D eigenvalue weighted by molar-refractivity contribution is 0.0734. The fourth-order valence-electron chi connectivity index (χ4n) is 2.00. The van der Waals surface area contributed by atoms with Gasteiger partial charge in [0, 0.05) is 10.0 Å². The summed E-state index contributed by atoms with van der Waals surface area (Å²) in [5.41, 5.74) is 8.64. The Labute approximate surface area is 164 Å². The fraction of sp³-hybridized carbons (Fsp3) is 0.118. The van der Waals surface area contributed by atoms with E-state index >= 15 is 0 Å². The maximum atomic E-state index is 12.5. The van der Waals surface area contributed by atoms with Gasteiger partial charge in [-0.25, -0.2) is 4.79 Å². The Morgan fingerprint density at radius 3 is 2.50 bits per heavy atom. The standard InChI is InChI=1S/C17H16BrN3O4S/c1-23-14-5-3-10(8-15(14)24-2)16(22)25-13-6-4-12(18)7-11(13)9-20-21-17(19)26/h3-9H,1-2H3,(H3,19,21,26). The predicted molar refractivity (Wildman–Crippen MR) is 106 cm³/mol. The van der Waals surface area contributed by atoms with Gasteiger partial charge in [-0.2, -0.15) is 5.10 Å². The van der Waals surface area contributed by atoms with Crippen molar-refractivity contribution in [1.82, 2.24) is 5.43 Å². The van der Waals surface area contributed by atoms with Gasteiger partial charge in [0.1, 0.15) is 5.75 Å². The lowest BCUT2D eigenvalue weighted by Crippen LogP contribution is -2.24. The van der Waals surface area contributed by atoms with E-state index in [0.29, 0.717) is 28.4 Å². The highest BCUT2D eigenvalue weighted by Gasteiger charge is 2.14. The molecule has 2 aromatic rings. The number of nitrogens with one attached hydrogen (secondary N) is 1. The number of hydrazone groups is 1. The molecular weight excluding hydrogens is 422 g/mol. The van der Waals surface area contributed by atoms with E-state index in [1.807, 2.05) is 0 Å². The van der Waals surface area contributed by atoms with Gasteiger partial charge in [0.05, 0.1) is 26.0 Å². The molecule has 0 aliphatic heterocycles. The van der Waals surface area contributed by atoms with Gasteiger partial charge >= 0.3 is 5.97 Å². The summed E-state index contributed by atoms with van der Waals surface area (Å²) < 4.78 is 16.6. The molecule has 0 spiro atoms. The first-order valence-electron chi connectivity index (χ1n) is 7.27. The number of esters is 1. The summed E-state index contributed by atoms with van der Waals surface area (Å²) in [6, 6.07) is 9.89. The average molecular weight is 438 g/mol. The maximum Gasteiger partial charge on any atom is 0.343 e. The zero-order valence-corrected chi connectivity index (χ0v) is 16.4. The number of methoxy groups -OCH3 is 2. The Hall–Kier alpha value is -2.65. The Balaban J connectivity index is 2.26. The zero-order valence-electron chi connectivity index (χ0n) is 14.0. The molecule has 0 radical (unpaired) electrons. The minimum atomic E-state index is -0.551. The van der Waals surface area contributed by atoms with E-state index < -0.39 is 5.97 Å². The van der Waals surface area contributed by atoms with Crippen molar-refractivity contribution in [2.75, 3.05) is 14.2 Å². The van der Waals surface area contributed by atoms with E-state index in [-0.39, 0.29) is 5.11 Å². The largest absolute Gasteiger partial charge is 0.493 e. The lowest BCUT2D eigenvalue weighted by Gasteiger charge is -2.11. The number of rotatable bonds is 6. The van der Waals surface area contributed by atoms with Gasteiger partial charge in [-0.3, -0.25) is 5.43 Å². The molecule has 2 rings (SSSR count). The molecule has 26 heavy (non-hydrogen) atoms. The maximum absolute atomic E-state index is 12.5. The van der Waals surface area contributed by atoms with Gasteiger partial charge in [0.15, 0.2) is 16.6 Å². The topological polar surface area (TPSA) is 95.2 Å². The highest BCUT2D eigenvalue weighted by molar-refractivity contribution is 9.10. The molecule has 7 nitrogen and oxygen atoms in total. The minimum absolute atomic E-state index is 0.0279. The summed E-state index contributed by atoms with van der Waals surface area (Å²) >= 11 is 8.04. The third-order valence-electron chi connectivity index (χ3n) is 3.17. The monoisotopic (exact) mass is 437 g/mol. The quantitative estimate of drug-likeness (QED) is 0.236. The Morgan fingerprint density at radius 2 is 1.85 bits per heavy atom.